The highest BCUT2D eigenvalue weighted by molar-refractivity contribution is 5.92. The summed E-state index contributed by atoms with van der Waals surface area (Å²) in [7, 11) is 1.34. The standard InChI is InChI=1S/C19H23N5O3/c1-3-23-9-11-24(12-10-23)18(25)16-7-8-17(22-21-16)20-15-6-4-5-14(13-15)19(26)27-2/h4-8,13H,3,9-12H2,1-2H3,(H,20,22). The fourth-order valence-electron chi connectivity index (χ4n) is 2.93. The molecule has 1 amide bonds. The number of hydrogen-bond acceptors (Lipinski definition) is 7. The van der Waals surface area contributed by atoms with E-state index in [-0.39, 0.29) is 5.91 Å². The summed E-state index contributed by atoms with van der Waals surface area (Å²) in [5.41, 5.74) is 1.45. The molecule has 2 aromatic rings. The van der Waals surface area contributed by atoms with E-state index >= 15 is 0 Å². The number of esters is 1. The van der Waals surface area contributed by atoms with Crippen LogP contribution < -0.4 is 5.32 Å². The first-order valence-electron chi connectivity index (χ1n) is 8.91. The van der Waals surface area contributed by atoms with Gasteiger partial charge in [-0.25, -0.2) is 4.79 Å². The van der Waals surface area contributed by atoms with Crippen LogP contribution >= 0.6 is 0 Å². The number of carbonyl (C=O) groups excluding carboxylic acids is 2. The molecule has 1 aromatic heterocycles. The highest BCUT2D eigenvalue weighted by Gasteiger charge is 2.22. The van der Waals surface area contributed by atoms with Crippen LogP contribution in [0.2, 0.25) is 0 Å². The van der Waals surface area contributed by atoms with Gasteiger partial charge in [-0.2, -0.15) is 0 Å². The van der Waals surface area contributed by atoms with Crippen molar-refractivity contribution in [1.82, 2.24) is 20.0 Å². The maximum absolute atomic E-state index is 12.6. The Bertz CT molecular complexity index is 801. The third-order valence-corrected chi connectivity index (χ3v) is 4.55. The molecule has 0 saturated carbocycles. The van der Waals surface area contributed by atoms with Gasteiger partial charge in [0.15, 0.2) is 11.5 Å². The van der Waals surface area contributed by atoms with Crippen LogP contribution in [0.5, 0.6) is 0 Å². The van der Waals surface area contributed by atoms with Gasteiger partial charge in [0.05, 0.1) is 12.7 Å². The molecule has 8 heteroatoms. The molecular formula is C19H23N5O3. The quantitative estimate of drug-likeness (QED) is 0.804. The first-order valence-corrected chi connectivity index (χ1v) is 8.91. The molecule has 27 heavy (non-hydrogen) atoms. The van der Waals surface area contributed by atoms with Crippen molar-refractivity contribution in [2.75, 3.05) is 45.2 Å². The predicted octanol–water partition coefficient (Wildman–Crippen LogP) is 1.78. The van der Waals surface area contributed by atoms with Gasteiger partial charge in [0.25, 0.3) is 5.91 Å². The molecule has 8 nitrogen and oxygen atoms in total. The number of piperazine rings is 1. The van der Waals surface area contributed by atoms with Crippen molar-refractivity contribution >= 4 is 23.4 Å². The average Bonchev–Trinajstić information content (AvgIpc) is 2.73. The van der Waals surface area contributed by atoms with Crippen LogP contribution in [0, 0.1) is 0 Å². The average molecular weight is 369 g/mol. The van der Waals surface area contributed by atoms with Crippen molar-refractivity contribution in [2.24, 2.45) is 0 Å². The summed E-state index contributed by atoms with van der Waals surface area (Å²) in [6.07, 6.45) is 0. The lowest BCUT2D eigenvalue weighted by atomic mass is 10.2. The minimum atomic E-state index is -0.408. The summed E-state index contributed by atoms with van der Waals surface area (Å²) in [5.74, 6) is -0.0179. The van der Waals surface area contributed by atoms with Gasteiger partial charge >= 0.3 is 5.97 Å². The Hall–Kier alpha value is -3.00. The monoisotopic (exact) mass is 369 g/mol. The number of hydrogen-bond donors (Lipinski definition) is 1. The molecule has 1 aliphatic heterocycles. The van der Waals surface area contributed by atoms with E-state index in [0.717, 1.165) is 19.6 Å². The lowest BCUT2D eigenvalue weighted by Crippen LogP contribution is -2.48. The van der Waals surface area contributed by atoms with Gasteiger partial charge in [-0.3, -0.25) is 4.79 Å². The van der Waals surface area contributed by atoms with E-state index in [1.54, 1.807) is 36.4 Å². The molecule has 0 bridgehead atoms. The van der Waals surface area contributed by atoms with E-state index in [0.29, 0.717) is 35.9 Å². The van der Waals surface area contributed by atoms with Crippen LogP contribution in [-0.4, -0.2) is 71.7 Å². The smallest absolute Gasteiger partial charge is 0.337 e. The minimum Gasteiger partial charge on any atom is -0.465 e. The van der Waals surface area contributed by atoms with Crippen molar-refractivity contribution in [3.05, 3.63) is 47.7 Å². The zero-order valence-electron chi connectivity index (χ0n) is 15.5. The summed E-state index contributed by atoms with van der Waals surface area (Å²) in [6.45, 7) is 6.29. The number of ether oxygens (including phenoxy) is 1. The lowest BCUT2D eigenvalue weighted by Gasteiger charge is -2.33. The maximum Gasteiger partial charge on any atom is 0.337 e. The number of nitrogens with zero attached hydrogens (tertiary/aromatic N) is 4. The van der Waals surface area contributed by atoms with E-state index in [9.17, 15) is 9.59 Å². The van der Waals surface area contributed by atoms with Crippen LogP contribution in [0.15, 0.2) is 36.4 Å². The van der Waals surface area contributed by atoms with Gasteiger partial charge in [-0.15, -0.1) is 10.2 Å². The number of amides is 1. The molecule has 0 spiro atoms. The number of rotatable bonds is 5. The first-order chi connectivity index (χ1) is 13.1. The zero-order valence-corrected chi connectivity index (χ0v) is 15.5. The number of aromatic nitrogens is 2. The fourth-order valence-corrected chi connectivity index (χ4v) is 2.93. The highest BCUT2D eigenvalue weighted by Crippen LogP contribution is 2.17. The molecule has 2 heterocycles. The molecule has 0 unspecified atom stereocenters. The van der Waals surface area contributed by atoms with Crippen molar-refractivity contribution < 1.29 is 14.3 Å². The number of nitrogens with one attached hydrogen (secondary N) is 1. The van der Waals surface area contributed by atoms with Gasteiger partial charge in [0.2, 0.25) is 0 Å². The van der Waals surface area contributed by atoms with Crippen molar-refractivity contribution in [2.45, 2.75) is 6.92 Å². The Labute approximate surface area is 158 Å². The largest absolute Gasteiger partial charge is 0.465 e. The van der Waals surface area contributed by atoms with Crippen LogP contribution in [0.1, 0.15) is 27.8 Å². The number of likely N-dealkylation sites (N-methyl/N-ethyl adjacent to an activating group) is 1. The van der Waals surface area contributed by atoms with E-state index in [4.69, 9.17) is 4.74 Å². The Morgan fingerprint density at radius 3 is 2.52 bits per heavy atom. The molecule has 3 rings (SSSR count). The zero-order chi connectivity index (χ0) is 19.2. The molecule has 142 valence electrons. The third-order valence-electron chi connectivity index (χ3n) is 4.55. The molecule has 1 aliphatic rings. The van der Waals surface area contributed by atoms with Crippen molar-refractivity contribution in [3.8, 4) is 0 Å². The van der Waals surface area contributed by atoms with E-state index < -0.39 is 5.97 Å². The fraction of sp³-hybridized carbons (Fsp3) is 0.368. The molecular weight excluding hydrogens is 346 g/mol. The van der Waals surface area contributed by atoms with Crippen LogP contribution in [0.4, 0.5) is 11.5 Å². The Kier molecular flexibility index (Phi) is 5.97. The van der Waals surface area contributed by atoms with Gasteiger partial charge < -0.3 is 19.9 Å². The van der Waals surface area contributed by atoms with Gasteiger partial charge in [-0.1, -0.05) is 13.0 Å². The summed E-state index contributed by atoms with van der Waals surface area (Å²) in [6, 6.07) is 10.3. The SMILES string of the molecule is CCN1CCN(C(=O)c2ccc(Nc3cccc(C(=O)OC)c3)nn2)CC1. The number of carbonyl (C=O) groups is 2. The van der Waals surface area contributed by atoms with Crippen LogP contribution in [0.25, 0.3) is 0 Å². The highest BCUT2D eigenvalue weighted by atomic mass is 16.5. The van der Waals surface area contributed by atoms with Crippen molar-refractivity contribution in [3.63, 3.8) is 0 Å². The lowest BCUT2D eigenvalue weighted by molar-refractivity contribution is 0.0599. The Morgan fingerprint density at radius 1 is 1.11 bits per heavy atom. The third kappa shape index (κ3) is 4.59. The minimum absolute atomic E-state index is 0.0995. The molecule has 1 N–H and O–H groups in total. The summed E-state index contributed by atoms with van der Waals surface area (Å²) < 4.78 is 4.72. The van der Waals surface area contributed by atoms with E-state index in [1.165, 1.54) is 7.11 Å². The second-order valence-corrected chi connectivity index (χ2v) is 6.23. The van der Waals surface area contributed by atoms with Gasteiger partial charge in [-0.05, 0) is 36.9 Å². The normalized spacial score (nSPS) is 14.7. The summed E-state index contributed by atoms with van der Waals surface area (Å²) in [4.78, 5) is 28.3. The summed E-state index contributed by atoms with van der Waals surface area (Å²) in [5, 5.41) is 11.2. The van der Waals surface area contributed by atoms with Gasteiger partial charge in [0.1, 0.15) is 0 Å². The molecule has 0 aliphatic carbocycles. The second kappa shape index (κ2) is 8.59. The Morgan fingerprint density at radius 2 is 1.89 bits per heavy atom. The number of anilines is 2. The second-order valence-electron chi connectivity index (χ2n) is 6.23. The van der Waals surface area contributed by atoms with Gasteiger partial charge in [0, 0.05) is 31.9 Å². The topological polar surface area (TPSA) is 87.7 Å². The maximum atomic E-state index is 12.6. The van der Waals surface area contributed by atoms with E-state index in [1.807, 2.05) is 4.90 Å². The van der Waals surface area contributed by atoms with Crippen molar-refractivity contribution in [1.29, 1.82) is 0 Å². The molecule has 0 atom stereocenters. The molecule has 1 aromatic carbocycles. The predicted molar refractivity (Wildman–Crippen MR) is 101 cm³/mol. The van der Waals surface area contributed by atoms with Crippen LogP contribution in [-0.2, 0) is 4.74 Å². The van der Waals surface area contributed by atoms with Crippen LogP contribution in [0.3, 0.4) is 0 Å². The molecule has 1 fully saturated rings. The Balaban J connectivity index is 1.64. The number of benzene rings is 1. The first kappa shape index (κ1) is 18.8. The molecule has 1 saturated heterocycles. The number of methoxy groups -OCH3 is 1. The van der Waals surface area contributed by atoms with E-state index in [2.05, 4.69) is 27.3 Å². The summed E-state index contributed by atoms with van der Waals surface area (Å²) >= 11 is 0. The molecule has 0 radical (unpaired) electrons.